The highest BCUT2D eigenvalue weighted by atomic mass is 16.7. The van der Waals surface area contributed by atoms with Crippen LogP contribution in [-0.4, -0.2) is 62.9 Å². The summed E-state index contributed by atoms with van der Waals surface area (Å²) in [4.78, 5) is 16.4. The number of aliphatic hydroxyl groups is 3. The van der Waals surface area contributed by atoms with Crippen molar-refractivity contribution >= 4 is 5.78 Å². The predicted molar refractivity (Wildman–Crippen MR) is 95.5 cm³/mol. The van der Waals surface area contributed by atoms with Gasteiger partial charge in [0, 0.05) is 25.1 Å². The summed E-state index contributed by atoms with van der Waals surface area (Å²) in [5.74, 6) is -0.495. The number of nitrogens with zero attached hydrogens (tertiary/aromatic N) is 1. The minimum Gasteiger partial charge on any atom is -0.507 e. The molecule has 2 aromatic rings. The quantitative estimate of drug-likeness (QED) is 0.371. The Balaban J connectivity index is 2.10. The number of hydrogen-bond acceptors (Lipinski definition) is 8. The lowest BCUT2D eigenvalue weighted by molar-refractivity contribution is -0.176. The molecule has 1 aromatic carbocycles. The number of benzene rings is 1. The van der Waals surface area contributed by atoms with Crippen LogP contribution in [0.2, 0.25) is 0 Å². The Morgan fingerprint density at radius 3 is 2.44 bits per heavy atom. The van der Waals surface area contributed by atoms with Gasteiger partial charge in [-0.15, -0.1) is 0 Å². The number of rotatable bonds is 9. The molecule has 0 radical (unpaired) electrons. The fourth-order valence-corrected chi connectivity index (χ4v) is 2.42. The van der Waals surface area contributed by atoms with Crippen LogP contribution in [0.1, 0.15) is 23.0 Å². The molecule has 4 atom stereocenters. The number of aromatic hydroxyl groups is 1. The molecule has 0 amide bonds. The Bertz CT molecular complexity index is 751. The number of pyridine rings is 1. The van der Waals surface area contributed by atoms with Crippen molar-refractivity contribution in [1.29, 1.82) is 0 Å². The fraction of sp³-hybridized carbons (Fsp3) is 0.368. The van der Waals surface area contributed by atoms with Gasteiger partial charge >= 0.3 is 0 Å². The SMILES string of the molecule is COC(Oc1ccc(C(=O)Cc2ccccn2)c(O)c1)C(O)C(O)C(C)O. The molecule has 27 heavy (non-hydrogen) atoms. The Hall–Kier alpha value is -2.52. The van der Waals surface area contributed by atoms with Gasteiger partial charge in [-0.25, -0.2) is 0 Å². The number of Topliss-reactive ketones (excluding diaryl/α,β-unsaturated/α-hetero) is 1. The van der Waals surface area contributed by atoms with Gasteiger partial charge in [0.2, 0.25) is 6.29 Å². The first-order valence-corrected chi connectivity index (χ1v) is 8.33. The van der Waals surface area contributed by atoms with E-state index in [2.05, 4.69) is 4.98 Å². The number of phenols is 1. The van der Waals surface area contributed by atoms with Crippen molar-refractivity contribution in [3.63, 3.8) is 0 Å². The molecule has 1 heterocycles. The van der Waals surface area contributed by atoms with Crippen LogP contribution >= 0.6 is 0 Å². The number of ether oxygens (including phenoxy) is 2. The third-order valence-electron chi connectivity index (χ3n) is 3.94. The molecule has 0 saturated heterocycles. The zero-order valence-corrected chi connectivity index (χ0v) is 15.0. The van der Waals surface area contributed by atoms with E-state index in [1.807, 2.05) is 0 Å². The Labute approximate surface area is 156 Å². The van der Waals surface area contributed by atoms with E-state index in [4.69, 9.17) is 9.47 Å². The number of carbonyl (C=O) groups is 1. The third-order valence-corrected chi connectivity index (χ3v) is 3.94. The molecular formula is C19H23NO7. The average Bonchev–Trinajstić information content (AvgIpc) is 2.65. The molecule has 0 aliphatic carbocycles. The van der Waals surface area contributed by atoms with Gasteiger partial charge in [0.25, 0.3) is 0 Å². The first-order chi connectivity index (χ1) is 12.8. The summed E-state index contributed by atoms with van der Waals surface area (Å²) in [5.41, 5.74) is 0.684. The number of ketones is 1. The second-order valence-electron chi connectivity index (χ2n) is 6.04. The normalized spacial score (nSPS) is 15.6. The first-order valence-electron chi connectivity index (χ1n) is 8.33. The van der Waals surface area contributed by atoms with Crippen LogP contribution < -0.4 is 4.74 Å². The Kier molecular flexibility index (Phi) is 7.26. The van der Waals surface area contributed by atoms with E-state index in [1.165, 1.54) is 32.2 Å². The highest BCUT2D eigenvalue weighted by Gasteiger charge is 2.31. The lowest BCUT2D eigenvalue weighted by atomic mass is 10.0. The summed E-state index contributed by atoms with van der Waals surface area (Å²) in [6, 6.07) is 9.25. The largest absolute Gasteiger partial charge is 0.507 e. The van der Waals surface area contributed by atoms with Gasteiger partial charge in [-0.3, -0.25) is 9.78 Å². The van der Waals surface area contributed by atoms with Gasteiger partial charge < -0.3 is 29.9 Å². The lowest BCUT2D eigenvalue weighted by Gasteiger charge is -2.27. The van der Waals surface area contributed by atoms with E-state index in [0.717, 1.165) is 0 Å². The summed E-state index contributed by atoms with van der Waals surface area (Å²) >= 11 is 0. The fourth-order valence-electron chi connectivity index (χ4n) is 2.42. The number of aromatic nitrogens is 1. The van der Waals surface area contributed by atoms with Crippen molar-refractivity contribution in [2.45, 2.75) is 37.9 Å². The van der Waals surface area contributed by atoms with Crippen molar-refractivity contribution in [2.24, 2.45) is 0 Å². The van der Waals surface area contributed by atoms with Crippen molar-refractivity contribution < 1.29 is 34.7 Å². The topological polar surface area (TPSA) is 129 Å². The van der Waals surface area contributed by atoms with Gasteiger partial charge in [-0.2, -0.15) is 0 Å². The second-order valence-corrected chi connectivity index (χ2v) is 6.04. The number of hydrogen-bond donors (Lipinski definition) is 4. The third kappa shape index (κ3) is 5.48. The molecule has 8 heteroatoms. The molecule has 0 fully saturated rings. The molecule has 0 saturated carbocycles. The Morgan fingerprint density at radius 1 is 1.15 bits per heavy atom. The van der Waals surface area contributed by atoms with E-state index < -0.39 is 24.6 Å². The number of aliphatic hydroxyl groups excluding tert-OH is 3. The van der Waals surface area contributed by atoms with E-state index in [0.29, 0.717) is 5.69 Å². The maximum atomic E-state index is 12.3. The van der Waals surface area contributed by atoms with Gasteiger partial charge in [0.1, 0.15) is 23.7 Å². The maximum absolute atomic E-state index is 12.3. The minimum atomic E-state index is -1.53. The van der Waals surface area contributed by atoms with E-state index in [-0.39, 0.29) is 29.3 Å². The standard InChI is InChI=1S/C19H23NO7/c1-11(21)17(24)18(25)19(26-2)27-13-6-7-14(16(23)10-13)15(22)9-12-5-3-4-8-20-12/h3-8,10-11,17-19,21,23-25H,9H2,1-2H3. The summed E-state index contributed by atoms with van der Waals surface area (Å²) in [5, 5.41) is 39.2. The molecule has 0 aliphatic heterocycles. The van der Waals surface area contributed by atoms with Crippen LogP contribution in [0.3, 0.4) is 0 Å². The zero-order valence-electron chi connectivity index (χ0n) is 15.0. The van der Waals surface area contributed by atoms with Crippen LogP contribution in [0, 0.1) is 0 Å². The molecule has 4 N–H and O–H groups in total. The van der Waals surface area contributed by atoms with Crippen molar-refractivity contribution in [1.82, 2.24) is 4.98 Å². The van der Waals surface area contributed by atoms with Gasteiger partial charge in [-0.1, -0.05) is 6.07 Å². The molecule has 0 aliphatic rings. The number of phenolic OH excluding ortho intramolecular Hbond substituents is 1. The molecular weight excluding hydrogens is 354 g/mol. The molecule has 2 rings (SSSR count). The minimum absolute atomic E-state index is 0.0363. The van der Waals surface area contributed by atoms with Crippen LogP contribution in [0.15, 0.2) is 42.6 Å². The monoisotopic (exact) mass is 377 g/mol. The summed E-state index contributed by atoms with van der Waals surface area (Å²) in [7, 11) is 1.26. The predicted octanol–water partition coefficient (Wildman–Crippen LogP) is 0.666. The molecule has 0 spiro atoms. The molecule has 146 valence electrons. The molecule has 1 aromatic heterocycles. The highest BCUT2D eigenvalue weighted by molar-refractivity contribution is 5.99. The van der Waals surface area contributed by atoms with Crippen molar-refractivity contribution in [2.75, 3.05) is 7.11 Å². The number of methoxy groups -OCH3 is 1. The number of carbonyl (C=O) groups excluding carboxylic acids is 1. The maximum Gasteiger partial charge on any atom is 0.228 e. The summed E-state index contributed by atoms with van der Waals surface area (Å²) < 4.78 is 10.4. The van der Waals surface area contributed by atoms with Gasteiger partial charge in [-0.05, 0) is 31.2 Å². The Morgan fingerprint density at radius 2 is 1.89 bits per heavy atom. The van der Waals surface area contributed by atoms with Crippen LogP contribution in [0.5, 0.6) is 11.5 Å². The summed E-state index contributed by atoms with van der Waals surface area (Å²) in [6.07, 6.45) is -3.87. The molecule has 4 unspecified atom stereocenters. The van der Waals surface area contributed by atoms with Gasteiger partial charge in [0.15, 0.2) is 5.78 Å². The van der Waals surface area contributed by atoms with E-state index in [9.17, 15) is 25.2 Å². The van der Waals surface area contributed by atoms with Crippen LogP contribution in [0.4, 0.5) is 0 Å². The van der Waals surface area contributed by atoms with E-state index >= 15 is 0 Å². The second kappa shape index (κ2) is 9.43. The average molecular weight is 377 g/mol. The molecule has 8 nitrogen and oxygen atoms in total. The lowest BCUT2D eigenvalue weighted by Crippen LogP contribution is -2.46. The molecule has 0 bridgehead atoms. The summed E-state index contributed by atoms with van der Waals surface area (Å²) in [6.45, 7) is 1.31. The van der Waals surface area contributed by atoms with E-state index in [1.54, 1.807) is 24.4 Å². The first kappa shape index (κ1) is 20.8. The smallest absolute Gasteiger partial charge is 0.228 e. The van der Waals surface area contributed by atoms with Crippen molar-refractivity contribution in [3.8, 4) is 11.5 Å². The zero-order chi connectivity index (χ0) is 20.0. The van der Waals surface area contributed by atoms with Crippen LogP contribution in [-0.2, 0) is 11.2 Å². The van der Waals surface area contributed by atoms with Crippen molar-refractivity contribution in [3.05, 3.63) is 53.9 Å². The highest BCUT2D eigenvalue weighted by Crippen LogP contribution is 2.26. The van der Waals surface area contributed by atoms with Crippen LogP contribution in [0.25, 0.3) is 0 Å². The van der Waals surface area contributed by atoms with Gasteiger partial charge in [0.05, 0.1) is 18.1 Å².